The summed E-state index contributed by atoms with van der Waals surface area (Å²) in [4.78, 5) is 16.3. The van der Waals surface area contributed by atoms with Crippen molar-refractivity contribution < 1.29 is 0 Å². The lowest BCUT2D eigenvalue weighted by molar-refractivity contribution is 1.08. The van der Waals surface area contributed by atoms with Gasteiger partial charge in [0.25, 0.3) is 0 Å². The Bertz CT molecular complexity index is 2350. The maximum Gasteiger partial charge on any atom is 0.164 e. The Labute approximate surface area is 277 Å². The van der Waals surface area contributed by atoms with Crippen molar-refractivity contribution in [2.24, 2.45) is 0 Å². The van der Waals surface area contributed by atoms with Gasteiger partial charge in [0.15, 0.2) is 17.5 Å². The van der Waals surface area contributed by atoms with Gasteiger partial charge in [-0.1, -0.05) is 151 Å². The largest absolute Gasteiger partial charge is 0.368 e. The lowest BCUT2D eigenvalue weighted by Crippen LogP contribution is -2.00. The molecule has 0 saturated heterocycles. The van der Waals surface area contributed by atoms with E-state index in [0.29, 0.717) is 17.5 Å². The number of nitrogens with zero attached hydrogens (tertiary/aromatic N) is 3. The lowest BCUT2D eigenvalue weighted by atomic mass is 9.93. The zero-order valence-corrected chi connectivity index (χ0v) is 26.2. The number of fused-ring (bicyclic) bond motifs is 4. The number of hydrogen-bond donors (Lipinski definition) is 1. The molecular weight excluding hydrogens is 593 g/mol. The van der Waals surface area contributed by atoms with Crippen molar-refractivity contribution in [3.8, 4) is 45.3 Å². The first-order chi connectivity index (χ1) is 23.3. The second kappa shape index (κ2) is 11.5. The summed E-state index contributed by atoms with van der Waals surface area (Å²) in [6.45, 7) is 0. The summed E-state index contributed by atoms with van der Waals surface area (Å²) >= 11 is 1.89. The van der Waals surface area contributed by atoms with Crippen molar-refractivity contribution in [1.82, 2.24) is 15.0 Å². The zero-order valence-electron chi connectivity index (χ0n) is 25.3. The van der Waals surface area contributed by atoms with Crippen molar-refractivity contribution in [3.05, 3.63) is 163 Å². The molecule has 0 saturated carbocycles. The van der Waals surface area contributed by atoms with E-state index in [1.807, 2.05) is 72.4 Å². The summed E-state index contributed by atoms with van der Waals surface area (Å²) in [5.41, 5.74) is 7.73. The predicted molar refractivity (Wildman–Crippen MR) is 195 cm³/mol. The molecule has 0 aliphatic carbocycles. The molecule has 1 unspecified atom stereocenters. The highest BCUT2D eigenvalue weighted by Crippen LogP contribution is 2.50. The summed E-state index contributed by atoms with van der Waals surface area (Å²) in [5.74, 6) is 1.98. The summed E-state index contributed by atoms with van der Waals surface area (Å²) < 4.78 is 0. The van der Waals surface area contributed by atoms with E-state index in [0.717, 1.165) is 27.5 Å². The molecule has 7 aromatic carbocycles. The van der Waals surface area contributed by atoms with E-state index >= 15 is 0 Å². The van der Waals surface area contributed by atoms with Crippen LogP contribution in [0.3, 0.4) is 0 Å². The minimum Gasteiger partial charge on any atom is -0.368 e. The fourth-order valence-electron chi connectivity index (χ4n) is 6.44. The average molecular weight is 621 g/mol. The van der Waals surface area contributed by atoms with Crippen LogP contribution in [0, 0.1) is 0 Å². The maximum absolute atomic E-state index is 5.03. The molecule has 0 spiro atoms. The van der Waals surface area contributed by atoms with Crippen molar-refractivity contribution in [3.63, 3.8) is 0 Å². The van der Waals surface area contributed by atoms with E-state index in [2.05, 4.69) is 102 Å². The molecule has 1 N–H and O–H groups in total. The number of thioether (sulfide) groups is 1. The number of benzene rings is 7. The van der Waals surface area contributed by atoms with Gasteiger partial charge in [-0.25, -0.2) is 15.0 Å². The molecule has 0 fully saturated rings. The summed E-state index contributed by atoms with van der Waals surface area (Å²) in [7, 11) is 0. The van der Waals surface area contributed by atoms with Crippen LogP contribution >= 0.6 is 11.8 Å². The van der Waals surface area contributed by atoms with Crippen LogP contribution in [0.25, 0.3) is 66.8 Å². The molecule has 47 heavy (non-hydrogen) atoms. The monoisotopic (exact) mass is 620 g/mol. The van der Waals surface area contributed by atoms with Crippen LogP contribution in [0.1, 0.15) is 10.9 Å². The van der Waals surface area contributed by atoms with Crippen LogP contribution in [0.15, 0.2) is 163 Å². The third-order valence-electron chi connectivity index (χ3n) is 8.77. The molecule has 9 rings (SSSR count). The molecule has 0 bridgehead atoms. The molecule has 222 valence electrons. The summed E-state index contributed by atoms with van der Waals surface area (Å²) in [5, 5.41) is 8.70. The molecule has 2 heterocycles. The molecule has 8 aromatic rings. The van der Waals surface area contributed by atoms with E-state index in [1.54, 1.807) is 0 Å². The number of hydrogen-bond acceptors (Lipinski definition) is 5. The van der Waals surface area contributed by atoms with Gasteiger partial charge in [-0.15, -0.1) is 0 Å². The molecule has 0 radical (unpaired) electrons. The topological polar surface area (TPSA) is 50.7 Å². The first-order valence-electron chi connectivity index (χ1n) is 15.7. The first kappa shape index (κ1) is 27.5. The highest BCUT2D eigenvalue weighted by Gasteiger charge is 2.25. The lowest BCUT2D eigenvalue weighted by Gasteiger charge is -2.14. The van der Waals surface area contributed by atoms with Gasteiger partial charge in [-0.3, -0.25) is 0 Å². The Morgan fingerprint density at radius 1 is 0.447 bits per heavy atom. The van der Waals surface area contributed by atoms with Crippen molar-refractivity contribution in [2.45, 2.75) is 10.3 Å². The first-order valence-corrected chi connectivity index (χ1v) is 16.6. The highest BCUT2D eigenvalue weighted by atomic mass is 32.2. The van der Waals surface area contributed by atoms with Gasteiger partial charge < -0.3 is 5.32 Å². The fraction of sp³-hybridized carbons (Fsp3) is 0.0238. The smallest absolute Gasteiger partial charge is 0.164 e. The molecule has 4 nitrogen and oxygen atoms in total. The quantitative estimate of drug-likeness (QED) is 0.207. The van der Waals surface area contributed by atoms with Crippen LogP contribution < -0.4 is 5.32 Å². The van der Waals surface area contributed by atoms with Gasteiger partial charge in [0.2, 0.25) is 0 Å². The average Bonchev–Trinajstić information content (AvgIpc) is 3.60. The van der Waals surface area contributed by atoms with Crippen LogP contribution in [-0.4, -0.2) is 15.0 Å². The molecule has 1 aliphatic heterocycles. The SMILES string of the molecule is c1ccc(-c2nc(-c3ccccc3)nc(-c3ccc(-c4ccc5ccc6c(c5c4)SC(c4ccccc4)N6)c4ccccc34)n2)cc1. The number of rotatable bonds is 5. The molecule has 1 aliphatic rings. The Morgan fingerprint density at radius 2 is 1.00 bits per heavy atom. The number of anilines is 1. The normalized spacial score (nSPS) is 13.8. The zero-order chi connectivity index (χ0) is 31.2. The molecule has 1 atom stereocenters. The third kappa shape index (κ3) is 5.02. The molecule has 0 amide bonds. The van der Waals surface area contributed by atoms with Crippen molar-refractivity contribution in [2.75, 3.05) is 5.32 Å². The van der Waals surface area contributed by atoms with Gasteiger partial charge in [0.1, 0.15) is 5.37 Å². The van der Waals surface area contributed by atoms with Crippen LogP contribution in [0.4, 0.5) is 5.69 Å². The minimum atomic E-state index is 0.197. The van der Waals surface area contributed by atoms with Crippen molar-refractivity contribution >= 4 is 39.0 Å². The highest BCUT2D eigenvalue weighted by molar-refractivity contribution is 8.00. The van der Waals surface area contributed by atoms with E-state index in [-0.39, 0.29) is 5.37 Å². The van der Waals surface area contributed by atoms with Gasteiger partial charge in [-0.05, 0) is 56.4 Å². The standard InChI is InChI=1S/C42H28N4S/c1-4-12-28(13-5-1)39-44-40(29-14-6-2-7-15-29)46-41(45-39)35-24-23-32(33-18-10-11-19-34(33)35)31-21-20-27-22-25-37-38(36(27)26-31)47-42(43-37)30-16-8-3-9-17-30/h1-26,42-43H. The van der Waals surface area contributed by atoms with E-state index in [4.69, 9.17) is 15.0 Å². The molecule has 5 heteroatoms. The second-order valence-electron chi connectivity index (χ2n) is 11.7. The Morgan fingerprint density at radius 3 is 1.68 bits per heavy atom. The predicted octanol–water partition coefficient (Wildman–Crippen LogP) is 11.1. The molecule has 1 aromatic heterocycles. The van der Waals surface area contributed by atoms with Gasteiger partial charge in [0.05, 0.1) is 0 Å². The van der Waals surface area contributed by atoms with Crippen LogP contribution in [0.2, 0.25) is 0 Å². The second-order valence-corrected chi connectivity index (χ2v) is 12.8. The van der Waals surface area contributed by atoms with Gasteiger partial charge in [-0.2, -0.15) is 0 Å². The number of aromatic nitrogens is 3. The fourth-order valence-corrected chi connectivity index (χ4v) is 7.72. The third-order valence-corrected chi connectivity index (χ3v) is 10.1. The minimum absolute atomic E-state index is 0.197. The van der Waals surface area contributed by atoms with E-state index in [9.17, 15) is 0 Å². The van der Waals surface area contributed by atoms with Crippen LogP contribution in [-0.2, 0) is 0 Å². The van der Waals surface area contributed by atoms with Gasteiger partial charge in [0, 0.05) is 27.3 Å². The maximum atomic E-state index is 5.03. The Kier molecular flexibility index (Phi) is 6.76. The summed E-state index contributed by atoms with van der Waals surface area (Å²) in [6.07, 6.45) is 0. The van der Waals surface area contributed by atoms with Crippen LogP contribution in [0.5, 0.6) is 0 Å². The number of nitrogens with one attached hydrogen (secondary N) is 1. The van der Waals surface area contributed by atoms with Crippen molar-refractivity contribution in [1.29, 1.82) is 0 Å². The van der Waals surface area contributed by atoms with E-state index < -0.39 is 0 Å². The Balaban J connectivity index is 1.17. The Hall–Kier alpha value is -5.78. The summed E-state index contributed by atoms with van der Waals surface area (Å²) in [6, 6.07) is 55.1. The van der Waals surface area contributed by atoms with E-state index in [1.165, 1.54) is 38.0 Å². The molecular formula is C42H28N4S. The van der Waals surface area contributed by atoms with Gasteiger partial charge >= 0.3 is 0 Å².